The predicted octanol–water partition coefficient (Wildman–Crippen LogP) is 3.92. The number of hydrogen-bond donors (Lipinski definition) is 1. The largest absolute Gasteiger partial charge is 0.460 e. The van der Waals surface area contributed by atoms with Crippen LogP contribution in [0.3, 0.4) is 0 Å². The summed E-state index contributed by atoms with van der Waals surface area (Å²) in [7, 11) is 0. The summed E-state index contributed by atoms with van der Waals surface area (Å²) in [5, 5.41) is 0. The molecule has 0 radical (unpaired) electrons. The molecule has 38 heavy (non-hydrogen) atoms. The Bertz CT molecular complexity index is 1180. The number of ether oxygens (including phenoxy) is 2. The molecule has 3 rings (SSSR count). The molecular weight excluding hydrogens is 500 g/mol. The number of amides is 3. The lowest BCUT2D eigenvalue weighted by atomic mass is 9.94. The average Bonchev–Trinajstić information content (AvgIpc) is 3.08. The molecule has 0 unspecified atom stereocenters. The van der Waals surface area contributed by atoms with E-state index < -0.39 is 52.8 Å². The Labute approximate surface area is 220 Å². The Kier molecular flexibility index (Phi) is 8.18. The lowest BCUT2D eigenvalue weighted by molar-refractivity contribution is -0.155. The van der Waals surface area contributed by atoms with Gasteiger partial charge in [-0.2, -0.15) is 0 Å². The maximum Gasteiger partial charge on any atom is 0.410 e. The van der Waals surface area contributed by atoms with Gasteiger partial charge in [-0.3, -0.25) is 14.4 Å². The summed E-state index contributed by atoms with van der Waals surface area (Å²) < 4.78 is 41.4. The van der Waals surface area contributed by atoms with Crippen LogP contribution in [0.5, 0.6) is 0 Å². The average molecular weight is 536 g/mol. The van der Waals surface area contributed by atoms with Crippen LogP contribution in [-0.4, -0.2) is 64.0 Å². The maximum absolute atomic E-state index is 15.7. The van der Waals surface area contributed by atoms with E-state index in [9.17, 15) is 19.2 Å². The predicted molar refractivity (Wildman–Crippen MR) is 135 cm³/mol. The number of carbonyl (C=O) groups excluding carboxylic acids is 4. The molecule has 2 aliphatic heterocycles. The molecule has 2 aliphatic rings. The van der Waals surface area contributed by atoms with Crippen molar-refractivity contribution in [2.45, 2.75) is 84.6 Å². The molecule has 1 atom stereocenters. The number of carbonyl (C=O) groups is 4. The van der Waals surface area contributed by atoms with E-state index in [2.05, 4.69) is 0 Å². The van der Waals surface area contributed by atoms with Crippen LogP contribution < -0.4 is 5.73 Å². The van der Waals surface area contributed by atoms with E-state index in [1.807, 2.05) is 0 Å². The van der Waals surface area contributed by atoms with Crippen LogP contribution >= 0.6 is 0 Å². The first-order chi connectivity index (χ1) is 17.5. The molecule has 2 heterocycles. The molecule has 0 fully saturated rings. The lowest BCUT2D eigenvalue weighted by Crippen LogP contribution is -2.45. The lowest BCUT2D eigenvalue weighted by Gasteiger charge is -2.29. The van der Waals surface area contributed by atoms with Crippen LogP contribution in [0.2, 0.25) is 0 Å². The third-order valence-corrected chi connectivity index (χ3v) is 6.07. The van der Waals surface area contributed by atoms with Gasteiger partial charge in [0.25, 0.3) is 5.91 Å². The first-order valence-corrected chi connectivity index (χ1v) is 12.5. The third kappa shape index (κ3) is 6.68. The van der Waals surface area contributed by atoms with E-state index in [1.165, 1.54) is 4.90 Å². The standard InChI is InChI=1S/C27H35F2N3O6/c1-26(2,3)37-20(33)8-7-19(23(30)34)32-14-17-16(24(32)35)13-18(28)21(22(17)29)15-9-11-31(12-10-15)25(36)38-27(4,5)6/h9,13,19H,7-8,10-12,14H2,1-6H3,(H2,30,34)/t19-/m0/s1. The molecule has 9 nitrogen and oxygen atoms in total. The van der Waals surface area contributed by atoms with Crippen molar-refractivity contribution >= 4 is 29.5 Å². The highest BCUT2D eigenvalue weighted by Gasteiger charge is 2.39. The normalized spacial score (nSPS) is 16.6. The highest BCUT2D eigenvalue weighted by atomic mass is 19.1. The van der Waals surface area contributed by atoms with Crippen molar-refractivity contribution in [3.05, 3.63) is 40.5 Å². The number of halogens is 2. The van der Waals surface area contributed by atoms with Crippen LogP contribution in [0.15, 0.2) is 12.1 Å². The minimum absolute atomic E-state index is 0.0506. The SMILES string of the molecule is CC(C)(C)OC(=O)CC[C@@H](C(N)=O)N1Cc2c(cc(F)c(C3=CCN(C(=O)OC(C)(C)C)CC3)c2F)C1=O. The van der Waals surface area contributed by atoms with Crippen LogP contribution in [0.1, 0.15) is 82.3 Å². The summed E-state index contributed by atoms with van der Waals surface area (Å²) in [5.41, 5.74) is 3.96. The topological polar surface area (TPSA) is 119 Å². The minimum Gasteiger partial charge on any atom is -0.460 e. The number of benzene rings is 1. The van der Waals surface area contributed by atoms with Gasteiger partial charge in [-0.1, -0.05) is 6.08 Å². The van der Waals surface area contributed by atoms with E-state index in [0.717, 1.165) is 11.0 Å². The Morgan fingerprint density at radius 1 is 1.08 bits per heavy atom. The number of hydrogen-bond acceptors (Lipinski definition) is 6. The number of fused-ring (bicyclic) bond motifs is 1. The highest BCUT2D eigenvalue weighted by Crippen LogP contribution is 2.36. The summed E-state index contributed by atoms with van der Waals surface area (Å²) >= 11 is 0. The number of nitrogens with zero attached hydrogens (tertiary/aromatic N) is 2. The molecule has 2 N–H and O–H groups in total. The maximum atomic E-state index is 15.7. The van der Waals surface area contributed by atoms with E-state index in [4.69, 9.17) is 15.2 Å². The van der Waals surface area contributed by atoms with Crippen LogP contribution in [0, 0.1) is 11.6 Å². The van der Waals surface area contributed by atoms with Crippen molar-refractivity contribution in [3.8, 4) is 0 Å². The third-order valence-electron chi connectivity index (χ3n) is 6.07. The van der Waals surface area contributed by atoms with Gasteiger partial charge in [0.1, 0.15) is 28.9 Å². The van der Waals surface area contributed by atoms with Crippen LogP contribution in [-0.2, 0) is 25.6 Å². The summed E-state index contributed by atoms with van der Waals surface area (Å²) in [6, 6.07) is -0.243. The number of rotatable bonds is 6. The Hall–Kier alpha value is -3.50. The second kappa shape index (κ2) is 10.7. The van der Waals surface area contributed by atoms with Crippen molar-refractivity contribution in [1.82, 2.24) is 9.80 Å². The molecule has 3 amide bonds. The van der Waals surface area contributed by atoms with Gasteiger partial charge in [0.15, 0.2) is 0 Å². The molecule has 1 aromatic carbocycles. The Balaban J connectivity index is 1.80. The zero-order chi connectivity index (χ0) is 28.6. The fourth-order valence-corrected chi connectivity index (χ4v) is 4.44. The molecule has 0 saturated carbocycles. The van der Waals surface area contributed by atoms with Gasteiger partial charge in [0, 0.05) is 30.6 Å². The van der Waals surface area contributed by atoms with Gasteiger partial charge in [-0.05, 0) is 66.0 Å². The smallest absolute Gasteiger partial charge is 0.410 e. The zero-order valence-corrected chi connectivity index (χ0v) is 22.7. The molecule has 1 aromatic rings. The minimum atomic E-state index is -1.20. The second-order valence-electron chi connectivity index (χ2n) is 11.5. The molecule has 11 heteroatoms. The molecule has 208 valence electrons. The number of primary amides is 1. The van der Waals surface area contributed by atoms with E-state index in [1.54, 1.807) is 47.6 Å². The molecule has 0 bridgehead atoms. The second-order valence-corrected chi connectivity index (χ2v) is 11.5. The number of esters is 1. The quantitative estimate of drug-likeness (QED) is 0.552. The van der Waals surface area contributed by atoms with Crippen molar-refractivity contribution < 1.29 is 37.4 Å². The monoisotopic (exact) mass is 535 g/mol. The van der Waals surface area contributed by atoms with Gasteiger partial charge < -0.3 is 25.0 Å². The first kappa shape index (κ1) is 29.1. The first-order valence-electron chi connectivity index (χ1n) is 12.5. The summed E-state index contributed by atoms with van der Waals surface area (Å²) in [4.78, 5) is 52.1. The molecular formula is C27H35F2N3O6. The number of nitrogens with two attached hydrogens (primary N) is 1. The highest BCUT2D eigenvalue weighted by molar-refractivity contribution is 6.01. The van der Waals surface area contributed by atoms with Crippen LogP contribution in [0.4, 0.5) is 13.6 Å². The zero-order valence-electron chi connectivity index (χ0n) is 22.7. The van der Waals surface area contributed by atoms with E-state index in [0.29, 0.717) is 5.57 Å². The van der Waals surface area contributed by atoms with E-state index in [-0.39, 0.29) is 55.6 Å². The summed E-state index contributed by atoms with van der Waals surface area (Å²) in [6.45, 7) is 10.3. The van der Waals surface area contributed by atoms with Crippen molar-refractivity contribution in [2.75, 3.05) is 13.1 Å². The summed E-state index contributed by atoms with van der Waals surface area (Å²) in [6.07, 6.45) is 0.917. The van der Waals surface area contributed by atoms with E-state index >= 15 is 8.78 Å². The van der Waals surface area contributed by atoms with Gasteiger partial charge in [-0.15, -0.1) is 0 Å². The molecule has 0 aliphatic carbocycles. The van der Waals surface area contributed by atoms with Gasteiger partial charge in [-0.25, -0.2) is 13.6 Å². The Morgan fingerprint density at radius 2 is 1.71 bits per heavy atom. The van der Waals surface area contributed by atoms with Gasteiger partial charge >= 0.3 is 12.1 Å². The molecule has 0 aromatic heterocycles. The fourth-order valence-electron chi connectivity index (χ4n) is 4.44. The van der Waals surface area contributed by atoms with Crippen molar-refractivity contribution in [3.63, 3.8) is 0 Å². The molecule has 0 spiro atoms. The van der Waals surface area contributed by atoms with Gasteiger partial charge in [0.05, 0.1) is 12.1 Å². The van der Waals surface area contributed by atoms with Gasteiger partial charge in [0.2, 0.25) is 5.91 Å². The summed E-state index contributed by atoms with van der Waals surface area (Å²) in [5.74, 6) is -4.00. The molecule has 0 saturated heterocycles. The Morgan fingerprint density at radius 3 is 2.24 bits per heavy atom. The van der Waals surface area contributed by atoms with Crippen molar-refractivity contribution in [2.24, 2.45) is 5.73 Å². The fraction of sp³-hybridized carbons (Fsp3) is 0.556. The van der Waals surface area contributed by atoms with Crippen molar-refractivity contribution in [1.29, 1.82) is 0 Å². The van der Waals surface area contributed by atoms with Crippen LogP contribution in [0.25, 0.3) is 5.57 Å².